The van der Waals surface area contributed by atoms with Gasteiger partial charge in [-0.2, -0.15) is 0 Å². The van der Waals surface area contributed by atoms with Gasteiger partial charge in [0.15, 0.2) is 11.6 Å². The maximum Gasteiger partial charge on any atom is 0.164 e. The third-order valence-corrected chi connectivity index (χ3v) is 3.33. The molecule has 3 heteroatoms. The highest BCUT2D eigenvalue weighted by Gasteiger charge is 2.28. The van der Waals surface area contributed by atoms with Crippen LogP contribution in [-0.2, 0) is 12.0 Å². The zero-order valence-electron chi connectivity index (χ0n) is 11.0. The van der Waals surface area contributed by atoms with Crippen LogP contribution in [0, 0.1) is 18.6 Å². The van der Waals surface area contributed by atoms with Gasteiger partial charge in [-0.05, 0) is 31.0 Å². The van der Waals surface area contributed by atoms with Crippen molar-refractivity contribution in [2.24, 2.45) is 0 Å². The van der Waals surface area contributed by atoms with Gasteiger partial charge in [0.2, 0.25) is 0 Å². The van der Waals surface area contributed by atoms with E-state index < -0.39 is 17.2 Å². The Balaban J connectivity index is 2.38. The second-order valence-electron chi connectivity index (χ2n) is 4.98. The van der Waals surface area contributed by atoms with Gasteiger partial charge in [0.05, 0.1) is 5.60 Å². The van der Waals surface area contributed by atoms with Crippen molar-refractivity contribution < 1.29 is 13.9 Å². The molecule has 0 aliphatic carbocycles. The molecule has 1 nitrogen and oxygen atoms in total. The van der Waals surface area contributed by atoms with Gasteiger partial charge in [-0.3, -0.25) is 0 Å². The highest BCUT2D eigenvalue weighted by Crippen LogP contribution is 2.29. The molecular weight excluding hydrogens is 246 g/mol. The van der Waals surface area contributed by atoms with Gasteiger partial charge in [0, 0.05) is 12.0 Å². The maximum atomic E-state index is 13.8. The minimum atomic E-state index is -1.45. The van der Waals surface area contributed by atoms with E-state index in [-0.39, 0.29) is 12.0 Å². The first kappa shape index (κ1) is 13.7. The lowest BCUT2D eigenvalue weighted by Gasteiger charge is -2.25. The van der Waals surface area contributed by atoms with Crippen molar-refractivity contribution in [1.82, 2.24) is 0 Å². The quantitative estimate of drug-likeness (QED) is 0.893. The molecule has 19 heavy (non-hydrogen) atoms. The second-order valence-corrected chi connectivity index (χ2v) is 4.98. The number of aryl methyl sites for hydroxylation is 1. The monoisotopic (exact) mass is 262 g/mol. The Labute approximate surface area is 111 Å². The molecule has 0 saturated heterocycles. The van der Waals surface area contributed by atoms with E-state index in [2.05, 4.69) is 0 Å². The Hall–Kier alpha value is -1.74. The maximum absolute atomic E-state index is 13.8. The Morgan fingerprint density at radius 2 is 1.74 bits per heavy atom. The lowest BCUT2D eigenvalue weighted by molar-refractivity contribution is 0.0529. The first-order valence-electron chi connectivity index (χ1n) is 6.13. The number of hydrogen-bond donors (Lipinski definition) is 1. The fraction of sp³-hybridized carbons (Fsp3) is 0.250. The van der Waals surface area contributed by atoms with Crippen LogP contribution in [0.1, 0.15) is 23.6 Å². The van der Waals surface area contributed by atoms with E-state index in [9.17, 15) is 13.9 Å². The van der Waals surface area contributed by atoms with Crippen molar-refractivity contribution >= 4 is 0 Å². The summed E-state index contributed by atoms with van der Waals surface area (Å²) in [6.45, 7) is 3.42. The van der Waals surface area contributed by atoms with Gasteiger partial charge in [-0.15, -0.1) is 0 Å². The van der Waals surface area contributed by atoms with Crippen molar-refractivity contribution in [3.8, 4) is 0 Å². The third-order valence-electron chi connectivity index (χ3n) is 3.33. The smallest absolute Gasteiger partial charge is 0.164 e. The van der Waals surface area contributed by atoms with E-state index in [1.165, 1.54) is 19.1 Å². The summed E-state index contributed by atoms with van der Waals surface area (Å²) in [5, 5.41) is 10.5. The molecule has 0 aromatic heterocycles. The van der Waals surface area contributed by atoms with E-state index in [0.29, 0.717) is 0 Å². The summed E-state index contributed by atoms with van der Waals surface area (Å²) >= 11 is 0. The van der Waals surface area contributed by atoms with E-state index in [4.69, 9.17) is 0 Å². The van der Waals surface area contributed by atoms with Crippen LogP contribution in [-0.4, -0.2) is 5.11 Å². The predicted octanol–water partition coefficient (Wildman–Crippen LogP) is 3.72. The first-order chi connectivity index (χ1) is 8.92. The van der Waals surface area contributed by atoms with Crippen molar-refractivity contribution in [3.05, 3.63) is 70.8 Å². The van der Waals surface area contributed by atoms with E-state index >= 15 is 0 Å². The van der Waals surface area contributed by atoms with Gasteiger partial charge in [0.25, 0.3) is 0 Å². The first-order valence-corrected chi connectivity index (χ1v) is 6.13. The van der Waals surface area contributed by atoms with Gasteiger partial charge in [0.1, 0.15) is 0 Å². The summed E-state index contributed by atoms with van der Waals surface area (Å²) in [6, 6.07) is 11.4. The Kier molecular flexibility index (Phi) is 3.67. The normalized spacial score (nSPS) is 14.2. The zero-order valence-corrected chi connectivity index (χ0v) is 11.0. The van der Waals surface area contributed by atoms with E-state index in [1.807, 2.05) is 31.2 Å². The molecule has 0 saturated carbocycles. The Morgan fingerprint density at radius 1 is 1.05 bits per heavy atom. The standard InChI is InChI=1S/C16H16F2O/c1-11-6-3-4-7-12(11)10-16(2,19)13-8-5-9-14(17)15(13)18/h3-9,19H,10H2,1-2H3. The summed E-state index contributed by atoms with van der Waals surface area (Å²) in [5.74, 6) is -1.93. The van der Waals surface area contributed by atoms with E-state index in [0.717, 1.165) is 17.2 Å². The number of benzene rings is 2. The van der Waals surface area contributed by atoms with Crippen LogP contribution in [0.5, 0.6) is 0 Å². The molecule has 0 spiro atoms. The van der Waals surface area contributed by atoms with Gasteiger partial charge in [-0.25, -0.2) is 8.78 Å². The summed E-state index contributed by atoms with van der Waals surface area (Å²) in [4.78, 5) is 0. The predicted molar refractivity (Wildman–Crippen MR) is 70.8 cm³/mol. The van der Waals surface area contributed by atoms with Gasteiger partial charge < -0.3 is 5.11 Å². The summed E-state index contributed by atoms with van der Waals surface area (Å²) in [6.07, 6.45) is 0.236. The average molecular weight is 262 g/mol. The number of aliphatic hydroxyl groups is 1. The van der Waals surface area contributed by atoms with Crippen LogP contribution in [0.15, 0.2) is 42.5 Å². The molecule has 100 valence electrons. The highest BCUT2D eigenvalue weighted by atomic mass is 19.2. The summed E-state index contributed by atoms with van der Waals surface area (Å²) in [7, 11) is 0. The molecule has 0 bridgehead atoms. The minimum absolute atomic E-state index is 0.0178. The fourth-order valence-corrected chi connectivity index (χ4v) is 2.19. The van der Waals surface area contributed by atoms with Crippen molar-refractivity contribution in [1.29, 1.82) is 0 Å². The highest BCUT2D eigenvalue weighted by molar-refractivity contribution is 5.31. The molecule has 2 rings (SSSR count). The average Bonchev–Trinajstić information content (AvgIpc) is 2.35. The molecule has 2 aromatic rings. The fourth-order valence-electron chi connectivity index (χ4n) is 2.19. The number of rotatable bonds is 3. The Morgan fingerprint density at radius 3 is 2.42 bits per heavy atom. The molecule has 2 aromatic carbocycles. The molecule has 0 radical (unpaired) electrons. The number of hydrogen-bond acceptors (Lipinski definition) is 1. The SMILES string of the molecule is Cc1ccccc1CC(C)(O)c1cccc(F)c1F. The largest absolute Gasteiger partial charge is 0.385 e. The van der Waals surface area contributed by atoms with Crippen LogP contribution in [0.25, 0.3) is 0 Å². The lowest BCUT2D eigenvalue weighted by atomic mass is 9.87. The van der Waals surface area contributed by atoms with Crippen LogP contribution in [0.3, 0.4) is 0 Å². The van der Waals surface area contributed by atoms with Gasteiger partial charge in [-0.1, -0.05) is 36.4 Å². The van der Waals surface area contributed by atoms with Gasteiger partial charge >= 0.3 is 0 Å². The summed E-state index contributed by atoms with van der Waals surface area (Å²) < 4.78 is 27.0. The number of halogens is 2. The zero-order chi connectivity index (χ0) is 14.0. The molecular formula is C16H16F2O. The molecule has 0 aliphatic rings. The lowest BCUT2D eigenvalue weighted by Crippen LogP contribution is -2.26. The topological polar surface area (TPSA) is 20.2 Å². The van der Waals surface area contributed by atoms with Crippen molar-refractivity contribution in [2.75, 3.05) is 0 Å². The Bertz CT molecular complexity index is 591. The van der Waals surface area contributed by atoms with Crippen molar-refractivity contribution in [3.63, 3.8) is 0 Å². The third kappa shape index (κ3) is 2.82. The molecule has 1 N–H and O–H groups in total. The van der Waals surface area contributed by atoms with Crippen LogP contribution >= 0.6 is 0 Å². The van der Waals surface area contributed by atoms with Crippen molar-refractivity contribution in [2.45, 2.75) is 25.9 Å². The van der Waals surface area contributed by atoms with Crippen LogP contribution in [0.4, 0.5) is 8.78 Å². The molecule has 0 heterocycles. The molecule has 0 fully saturated rings. The molecule has 0 amide bonds. The molecule has 1 atom stereocenters. The molecule has 1 unspecified atom stereocenters. The summed E-state index contributed by atoms with van der Waals surface area (Å²) in [5.41, 5.74) is 0.463. The van der Waals surface area contributed by atoms with E-state index in [1.54, 1.807) is 0 Å². The second kappa shape index (κ2) is 5.10. The van der Waals surface area contributed by atoms with Crippen LogP contribution in [0.2, 0.25) is 0 Å². The van der Waals surface area contributed by atoms with Crippen LogP contribution < -0.4 is 0 Å². The minimum Gasteiger partial charge on any atom is -0.385 e. The molecule has 0 aliphatic heterocycles.